The summed E-state index contributed by atoms with van der Waals surface area (Å²) < 4.78 is 5.60. The van der Waals surface area contributed by atoms with Crippen LogP contribution in [0.25, 0.3) is 0 Å². The standard InChI is InChI=1S/C8H14Cl2N2O/c1-5-4-12(7(11)6(9)10)8(2,3)13-5/h5-6,11H,4H2,1-3H3. The van der Waals surface area contributed by atoms with Crippen LogP contribution in [-0.4, -0.2) is 33.9 Å². The normalized spacial score (nSPS) is 26.9. The maximum absolute atomic E-state index is 7.67. The molecule has 3 nitrogen and oxygen atoms in total. The maximum Gasteiger partial charge on any atom is 0.164 e. The second-order valence-electron chi connectivity index (χ2n) is 3.67. The van der Waals surface area contributed by atoms with Gasteiger partial charge in [-0.2, -0.15) is 0 Å². The number of nitrogens with zero attached hydrogens (tertiary/aromatic N) is 1. The molecule has 1 fully saturated rings. The van der Waals surface area contributed by atoms with Crippen LogP contribution in [0.5, 0.6) is 0 Å². The molecule has 5 heteroatoms. The van der Waals surface area contributed by atoms with Gasteiger partial charge in [-0.25, -0.2) is 0 Å². The first-order valence-corrected chi connectivity index (χ1v) is 5.04. The highest BCUT2D eigenvalue weighted by atomic mass is 35.5. The Balaban J connectivity index is 2.75. The molecule has 0 aromatic heterocycles. The van der Waals surface area contributed by atoms with Gasteiger partial charge >= 0.3 is 0 Å². The lowest BCUT2D eigenvalue weighted by Gasteiger charge is -2.32. The summed E-state index contributed by atoms with van der Waals surface area (Å²) in [6.45, 7) is 6.44. The molecule has 76 valence electrons. The molecule has 13 heavy (non-hydrogen) atoms. The van der Waals surface area contributed by atoms with Crippen LogP contribution in [0.1, 0.15) is 20.8 Å². The first-order chi connectivity index (χ1) is 5.84. The summed E-state index contributed by atoms with van der Waals surface area (Å²) in [4.78, 5) is 0.996. The van der Waals surface area contributed by atoms with Crippen molar-refractivity contribution in [1.29, 1.82) is 5.41 Å². The van der Waals surface area contributed by atoms with Crippen LogP contribution < -0.4 is 0 Å². The summed E-state index contributed by atoms with van der Waals surface area (Å²) in [6.07, 6.45) is 0.113. The summed E-state index contributed by atoms with van der Waals surface area (Å²) in [7, 11) is 0. The smallest absolute Gasteiger partial charge is 0.164 e. The van der Waals surface area contributed by atoms with E-state index in [4.69, 9.17) is 33.3 Å². The zero-order valence-corrected chi connectivity index (χ0v) is 9.49. The second kappa shape index (κ2) is 3.64. The van der Waals surface area contributed by atoms with Crippen molar-refractivity contribution in [1.82, 2.24) is 4.90 Å². The van der Waals surface area contributed by atoms with Crippen LogP contribution in [0.15, 0.2) is 0 Å². The molecule has 0 aliphatic carbocycles. The zero-order chi connectivity index (χ0) is 10.2. The van der Waals surface area contributed by atoms with E-state index < -0.39 is 10.6 Å². The molecule has 0 bridgehead atoms. The first kappa shape index (κ1) is 11.1. The van der Waals surface area contributed by atoms with Gasteiger partial charge in [0.2, 0.25) is 0 Å². The van der Waals surface area contributed by atoms with E-state index in [0.717, 1.165) is 0 Å². The van der Waals surface area contributed by atoms with Crippen LogP contribution in [0.4, 0.5) is 0 Å². The Bertz CT molecular complexity index is 218. The van der Waals surface area contributed by atoms with Crippen molar-refractivity contribution < 1.29 is 4.74 Å². The van der Waals surface area contributed by atoms with Crippen molar-refractivity contribution in [2.75, 3.05) is 6.54 Å². The summed E-state index contributed by atoms with van der Waals surface area (Å²) >= 11 is 11.3. The molecule has 0 amide bonds. The maximum atomic E-state index is 7.67. The third kappa shape index (κ3) is 2.27. The van der Waals surface area contributed by atoms with E-state index in [1.165, 1.54) is 0 Å². The Hall–Kier alpha value is 0.01000. The van der Waals surface area contributed by atoms with Crippen LogP contribution in [0.3, 0.4) is 0 Å². The summed E-state index contributed by atoms with van der Waals surface area (Å²) in [5.41, 5.74) is -0.474. The SMILES string of the molecule is CC1CN(C(=N)C(Cl)Cl)C(C)(C)O1. The molecule has 1 atom stereocenters. The molecule has 0 spiro atoms. The number of hydrogen-bond acceptors (Lipinski definition) is 2. The van der Waals surface area contributed by atoms with E-state index in [1.807, 2.05) is 20.8 Å². The predicted octanol–water partition coefficient (Wildman–Crippen LogP) is 2.22. The van der Waals surface area contributed by atoms with Crippen molar-refractivity contribution >= 4 is 29.0 Å². The molecular weight excluding hydrogens is 211 g/mol. The minimum absolute atomic E-state index is 0.113. The molecule has 1 rings (SSSR count). The van der Waals surface area contributed by atoms with Crippen LogP contribution in [0, 0.1) is 5.41 Å². The minimum atomic E-state index is -0.784. The van der Waals surface area contributed by atoms with E-state index in [0.29, 0.717) is 6.54 Å². The Kier molecular flexibility index (Phi) is 3.10. The van der Waals surface area contributed by atoms with Crippen LogP contribution in [-0.2, 0) is 4.74 Å². The lowest BCUT2D eigenvalue weighted by Crippen LogP contribution is -2.45. The number of hydrogen-bond donors (Lipinski definition) is 1. The lowest BCUT2D eigenvalue weighted by molar-refractivity contribution is -0.0488. The summed E-state index contributed by atoms with van der Waals surface area (Å²) in [5, 5.41) is 7.67. The van der Waals surface area contributed by atoms with Crippen LogP contribution in [0.2, 0.25) is 0 Å². The molecule has 0 aromatic carbocycles. The fourth-order valence-corrected chi connectivity index (χ4v) is 1.81. The van der Waals surface area contributed by atoms with Gasteiger partial charge in [0.15, 0.2) is 4.84 Å². The Morgan fingerprint density at radius 2 is 2.15 bits per heavy atom. The van der Waals surface area contributed by atoms with Gasteiger partial charge in [-0.05, 0) is 20.8 Å². The van der Waals surface area contributed by atoms with Gasteiger partial charge in [0.05, 0.1) is 6.10 Å². The largest absolute Gasteiger partial charge is 0.351 e. The van der Waals surface area contributed by atoms with Gasteiger partial charge in [-0.3, -0.25) is 5.41 Å². The van der Waals surface area contributed by atoms with E-state index in [-0.39, 0.29) is 11.9 Å². The van der Waals surface area contributed by atoms with E-state index in [9.17, 15) is 0 Å². The first-order valence-electron chi connectivity index (χ1n) is 4.16. The monoisotopic (exact) mass is 224 g/mol. The molecule has 0 radical (unpaired) electrons. The third-order valence-electron chi connectivity index (χ3n) is 2.08. The van der Waals surface area contributed by atoms with Crippen molar-refractivity contribution in [2.24, 2.45) is 0 Å². The average molecular weight is 225 g/mol. The number of ether oxygens (including phenoxy) is 1. The summed E-state index contributed by atoms with van der Waals surface area (Å²) in [6, 6.07) is 0. The molecule has 1 N–H and O–H groups in total. The Morgan fingerprint density at radius 3 is 2.46 bits per heavy atom. The van der Waals surface area contributed by atoms with Crippen molar-refractivity contribution in [2.45, 2.75) is 37.4 Å². The molecule has 1 unspecified atom stereocenters. The Morgan fingerprint density at radius 1 is 1.62 bits per heavy atom. The topological polar surface area (TPSA) is 36.3 Å². The number of halogens is 2. The molecule has 1 saturated heterocycles. The van der Waals surface area contributed by atoms with Crippen molar-refractivity contribution in [3.8, 4) is 0 Å². The number of rotatable bonds is 1. The van der Waals surface area contributed by atoms with Crippen molar-refractivity contribution in [3.63, 3.8) is 0 Å². The lowest BCUT2D eigenvalue weighted by atomic mass is 10.2. The Labute approximate surface area is 88.5 Å². The highest BCUT2D eigenvalue weighted by Crippen LogP contribution is 2.28. The highest BCUT2D eigenvalue weighted by molar-refractivity contribution is 6.53. The number of nitrogens with one attached hydrogen (secondary N) is 1. The van der Waals surface area contributed by atoms with Gasteiger partial charge in [0.25, 0.3) is 0 Å². The van der Waals surface area contributed by atoms with Crippen molar-refractivity contribution in [3.05, 3.63) is 0 Å². The predicted molar refractivity (Wildman–Crippen MR) is 54.6 cm³/mol. The molecular formula is C8H14Cl2N2O. The highest BCUT2D eigenvalue weighted by Gasteiger charge is 2.40. The molecule has 1 heterocycles. The van der Waals surface area contributed by atoms with Gasteiger partial charge in [-0.15, -0.1) is 0 Å². The average Bonchev–Trinajstić information content (AvgIpc) is 2.22. The molecule has 0 saturated carbocycles. The van der Waals surface area contributed by atoms with E-state index >= 15 is 0 Å². The van der Waals surface area contributed by atoms with Gasteiger partial charge in [0, 0.05) is 6.54 Å². The van der Waals surface area contributed by atoms with Gasteiger partial charge in [0.1, 0.15) is 11.6 Å². The molecule has 1 aliphatic rings. The van der Waals surface area contributed by atoms with E-state index in [2.05, 4.69) is 0 Å². The number of amidine groups is 1. The molecule has 0 aromatic rings. The third-order valence-corrected chi connectivity index (χ3v) is 2.49. The fourth-order valence-electron chi connectivity index (χ4n) is 1.58. The zero-order valence-electron chi connectivity index (χ0n) is 7.97. The van der Waals surface area contributed by atoms with Crippen LogP contribution >= 0.6 is 23.2 Å². The van der Waals surface area contributed by atoms with E-state index in [1.54, 1.807) is 4.90 Å². The fraction of sp³-hybridized carbons (Fsp3) is 0.875. The quantitative estimate of drug-likeness (QED) is 0.422. The minimum Gasteiger partial charge on any atom is -0.351 e. The summed E-state index contributed by atoms with van der Waals surface area (Å²) in [5.74, 6) is 0.206. The molecule has 1 aliphatic heterocycles. The van der Waals surface area contributed by atoms with Gasteiger partial charge < -0.3 is 9.64 Å². The van der Waals surface area contributed by atoms with Gasteiger partial charge in [-0.1, -0.05) is 23.2 Å². The number of alkyl halides is 2. The second-order valence-corrected chi connectivity index (χ2v) is 4.77.